The Labute approximate surface area is 97.6 Å². The molecule has 2 N–H and O–H groups in total. The highest BCUT2D eigenvalue weighted by molar-refractivity contribution is 5.31. The van der Waals surface area contributed by atoms with Crippen molar-refractivity contribution in [3.63, 3.8) is 0 Å². The highest BCUT2D eigenvalue weighted by Crippen LogP contribution is 2.19. The smallest absolute Gasteiger partial charge is 0.119 e. The van der Waals surface area contributed by atoms with Crippen LogP contribution in [0.15, 0.2) is 24.3 Å². The zero-order valence-corrected chi connectivity index (χ0v) is 10.3. The molecular weight excluding hydrogens is 202 g/mol. The third kappa shape index (κ3) is 4.53. The average molecular weight is 223 g/mol. The van der Waals surface area contributed by atoms with Gasteiger partial charge in [0, 0.05) is 6.04 Å². The molecule has 90 valence electrons. The van der Waals surface area contributed by atoms with Crippen LogP contribution in [0.25, 0.3) is 0 Å². The van der Waals surface area contributed by atoms with Gasteiger partial charge in [-0.3, -0.25) is 0 Å². The van der Waals surface area contributed by atoms with Crippen LogP contribution in [0.3, 0.4) is 0 Å². The number of nitrogens with two attached hydrogens (primary N) is 1. The van der Waals surface area contributed by atoms with Gasteiger partial charge < -0.3 is 15.2 Å². The lowest BCUT2D eigenvalue weighted by molar-refractivity contribution is 0.203. The second-order valence-electron chi connectivity index (χ2n) is 4.05. The fourth-order valence-corrected chi connectivity index (χ4v) is 1.59. The lowest BCUT2D eigenvalue weighted by atomic mass is 10.2. The molecule has 0 amide bonds. The summed E-state index contributed by atoms with van der Waals surface area (Å²) in [7, 11) is 0. The van der Waals surface area contributed by atoms with E-state index in [1.165, 1.54) is 0 Å². The third-order valence-corrected chi connectivity index (χ3v) is 2.18. The molecule has 0 fully saturated rings. The first-order chi connectivity index (χ1) is 7.61. The number of ether oxygens (including phenoxy) is 2. The van der Waals surface area contributed by atoms with Crippen molar-refractivity contribution in [2.45, 2.75) is 39.3 Å². The van der Waals surface area contributed by atoms with Crippen molar-refractivity contribution < 1.29 is 9.47 Å². The second kappa shape index (κ2) is 6.38. The Morgan fingerprint density at radius 3 is 2.19 bits per heavy atom. The number of benzene rings is 1. The van der Waals surface area contributed by atoms with Gasteiger partial charge in [0.15, 0.2) is 0 Å². The Bertz CT molecular complexity index is 295. The van der Waals surface area contributed by atoms with E-state index < -0.39 is 0 Å². The quantitative estimate of drug-likeness (QED) is 0.806. The van der Waals surface area contributed by atoms with Gasteiger partial charge in [-0.05, 0) is 51.5 Å². The zero-order valence-electron chi connectivity index (χ0n) is 10.3. The van der Waals surface area contributed by atoms with Gasteiger partial charge in [0.25, 0.3) is 0 Å². The van der Waals surface area contributed by atoms with Gasteiger partial charge in [0.05, 0.1) is 12.7 Å². The molecule has 2 unspecified atom stereocenters. The number of hydrogen-bond acceptors (Lipinski definition) is 3. The molecule has 0 aromatic heterocycles. The van der Waals surface area contributed by atoms with E-state index in [1.807, 2.05) is 45.0 Å². The van der Waals surface area contributed by atoms with Gasteiger partial charge in [-0.1, -0.05) is 0 Å². The molecule has 0 spiro atoms. The van der Waals surface area contributed by atoms with E-state index in [-0.39, 0.29) is 12.1 Å². The van der Waals surface area contributed by atoms with Crippen LogP contribution in [0.4, 0.5) is 0 Å². The summed E-state index contributed by atoms with van der Waals surface area (Å²) in [5.74, 6) is 1.73. The van der Waals surface area contributed by atoms with E-state index in [1.54, 1.807) is 0 Å². The minimum Gasteiger partial charge on any atom is -0.494 e. The molecular formula is C13H21NO2. The van der Waals surface area contributed by atoms with Crippen LogP contribution in [-0.2, 0) is 0 Å². The van der Waals surface area contributed by atoms with Gasteiger partial charge in [-0.15, -0.1) is 0 Å². The molecule has 1 aromatic rings. The van der Waals surface area contributed by atoms with Gasteiger partial charge in [-0.25, -0.2) is 0 Å². The van der Waals surface area contributed by atoms with Gasteiger partial charge in [-0.2, -0.15) is 0 Å². The van der Waals surface area contributed by atoms with E-state index in [0.29, 0.717) is 6.61 Å². The maximum absolute atomic E-state index is 5.72. The van der Waals surface area contributed by atoms with Crippen molar-refractivity contribution in [3.8, 4) is 11.5 Å². The maximum Gasteiger partial charge on any atom is 0.119 e. The van der Waals surface area contributed by atoms with Crippen LogP contribution in [-0.4, -0.2) is 18.8 Å². The molecule has 0 saturated carbocycles. The van der Waals surface area contributed by atoms with Crippen molar-refractivity contribution in [2.24, 2.45) is 5.73 Å². The van der Waals surface area contributed by atoms with Crippen LogP contribution in [0, 0.1) is 0 Å². The first kappa shape index (κ1) is 12.8. The molecule has 0 radical (unpaired) electrons. The summed E-state index contributed by atoms with van der Waals surface area (Å²) in [5, 5.41) is 0. The van der Waals surface area contributed by atoms with Crippen molar-refractivity contribution in [3.05, 3.63) is 24.3 Å². The van der Waals surface area contributed by atoms with Gasteiger partial charge in [0.1, 0.15) is 11.5 Å². The molecule has 2 atom stereocenters. The summed E-state index contributed by atoms with van der Waals surface area (Å²) in [4.78, 5) is 0. The summed E-state index contributed by atoms with van der Waals surface area (Å²) in [6, 6.07) is 7.83. The first-order valence-corrected chi connectivity index (χ1v) is 5.77. The predicted octanol–water partition coefficient (Wildman–Crippen LogP) is 2.59. The van der Waals surface area contributed by atoms with Gasteiger partial charge in [0.2, 0.25) is 0 Å². The van der Waals surface area contributed by atoms with E-state index in [4.69, 9.17) is 15.2 Å². The molecule has 0 aliphatic carbocycles. The van der Waals surface area contributed by atoms with Crippen LogP contribution < -0.4 is 15.2 Å². The highest BCUT2D eigenvalue weighted by Gasteiger charge is 2.06. The summed E-state index contributed by atoms with van der Waals surface area (Å²) in [6.45, 7) is 6.66. The van der Waals surface area contributed by atoms with E-state index in [2.05, 4.69) is 0 Å². The van der Waals surface area contributed by atoms with Crippen molar-refractivity contribution >= 4 is 0 Å². The van der Waals surface area contributed by atoms with Crippen molar-refractivity contribution in [1.82, 2.24) is 0 Å². The van der Waals surface area contributed by atoms with Crippen LogP contribution in [0.1, 0.15) is 27.2 Å². The Kier molecular flexibility index (Phi) is 5.12. The fourth-order valence-electron chi connectivity index (χ4n) is 1.59. The SMILES string of the molecule is CCOc1ccc(OC(C)CC(C)N)cc1. The average Bonchev–Trinajstić information content (AvgIpc) is 2.20. The minimum absolute atomic E-state index is 0.137. The van der Waals surface area contributed by atoms with Crippen LogP contribution in [0.2, 0.25) is 0 Å². The third-order valence-electron chi connectivity index (χ3n) is 2.18. The Morgan fingerprint density at radius 1 is 1.12 bits per heavy atom. The lowest BCUT2D eigenvalue weighted by Crippen LogP contribution is -2.24. The summed E-state index contributed by atoms with van der Waals surface area (Å²) >= 11 is 0. The molecule has 3 heteroatoms. The molecule has 3 nitrogen and oxygen atoms in total. The van der Waals surface area contributed by atoms with Crippen molar-refractivity contribution in [1.29, 1.82) is 0 Å². The first-order valence-electron chi connectivity index (χ1n) is 5.77. The Morgan fingerprint density at radius 2 is 1.69 bits per heavy atom. The van der Waals surface area contributed by atoms with Crippen molar-refractivity contribution in [2.75, 3.05) is 6.61 Å². The molecule has 1 rings (SSSR count). The molecule has 1 aromatic carbocycles. The van der Waals surface area contributed by atoms with E-state index in [9.17, 15) is 0 Å². The highest BCUT2D eigenvalue weighted by atomic mass is 16.5. The molecule has 0 aliphatic heterocycles. The lowest BCUT2D eigenvalue weighted by Gasteiger charge is -2.16. The summed E-state index contributed by atoms with van der Waals surface area (Å²) < 4.78 is 11.1. The Hall–Kier alpha value is -1.22. The molecule has 0 bridgehead atoms. The second-order valence-corrected chi connectivity index (χ2v) is 4.05. The zero-order chi connectivity index (χ0) is 12.0. The van der Waals surface area contributed by atoms with E-state index in [0.717, 1.165) is 17.9 Å². The monoisotopic (exact) mass is 223 g/mol. The molecule has 0 saturated heterocycles. The van der Waals surface area contributed by atoms with Gasteiger partial charge >= 0.3 is 0 Å². The topological polar surface area (TPSA) is 44.5 Å². The minimum atomic E-state index is 0.137. The molecule has 0 heterocycles. The number of rotatable bonds is 6. The largest absolute Gasteiger partial charge is 0.494 e. The van der Waals surface area contributed by atoms with Crippen LogP contribution >= 0.6 is 0 Å². The fraction of sp³-hybridized carbons (Fsp3) is 0.538. The summed E-state index contributed by atoms with van der Waals surface area (Å²) in [6.07, 6.45) is 0.991. The normalized spacial score (nSPS) is 14.2. The maximum atomic E-state index is 5.72. The van der Waals surface area contributed by atoms with E-state index >= 15 is 0 Å². The molecule has 16 heavy (non-hydrogen) atoms. The Balaban J connectivity index is 2.48. The summed E-state index contributed by atoms with van der Waals surface area (Å²) in [5.41, 5.74) is 5.71. The molecule has 0 aliphatic rings. The predicted molar refractivity (Wildman–Crippen MR) is 66.0 cm³/mol. The standard InChI is InChI=1S/C13H21NO2/c1-4-15-12-5-7-13(8-6-12)16-11(3)9-10(2)14/h5-8,10-11H,4,9,14H2,1-3H3. The van der Waals surface area contributed by atoms with Crippen LogP contribution in [0.5, 0.6) is 11.5 Å². The number of hydrogen-bond donors (Lipinski definition) is 1.